The molecule has 1 aliphatic carbocycles. The summed E-state index contributed by atoms with van der Waals surface area (Å²) < 4.78 is 1.16. The lowest BCUT2D eigenvalue weighted by Crippen LogP contribution is -2.37. The Bertz CT molecular complexity index is 821. The highest BCUT2D eigenvalue weighted by Crippen LogP contribution is 2.38. The summed E-state index contributed by atoms with van der Waals surface area (Å²) in [4.78, 5) is 31.6. The molecule has 27 heavy (non-hydrogen) atoms. The molecule has 2 aromatic rings. The molecule has 2 amide bonds. The molecule has 6 heteroatoms. The van der Waals surface area contributed by atoms with Gasteiger partial charge in [0.25, 0.3) is 0 Å². The maximum absolute atomic E-state index is 12.8. The number of amides is 2. The number of hydrogen-bond donors (Lipinski definition) is 1. The Labute approximate surface area is 163 Å². The Balaban J connectivity index is 1.38. The molecular formula is C21H25N3O2S. The summed E-state index contributed by atoms with van der Waals surface area (Å²) in [6, 6.07) is 8.11. The zero-order valence-electron chi connectivity index (χ0n) is 15.4. The molecule has 5 nitrogen and oxygen atoms in total. The third-order valence-corrected chi connectivity index (χ3v) is 6.66. The number of likely N-dealkylation sites (tertiary alicyclic amines) is 1. The van der Waals surface area contributed by atoms with E-state index >= 15 is 0 Å². The van der Waals surface area contributed by atoms with Crippen LogP contribution < -0.4 is 5.32 Å². The van der Waals surface area contributed by atoms with E-state index in [-0.39, 0.29) is 23.7 Å². The zero-order chi connectivity index (χ0) is 18.6. The van der Waals surface area contributed by atoms with Gasteiger partial charge in [-0.2, -0.15) is 0 Å². The first-order chi connectivity index (χ1) is 13.2. The number of thiazole rings is 1. The number of para-hydroxylation sites is 1. The van der Waals surface area contributed by atoms with Gasteiger partial charge in [-0.05, 0) is 37.8 Å². The standard InChI is InChI=1S/C21H25N3O2S/c25-19(24-13-5-6-14-24)11-12-22-20(26)15-7-1-2-8-16(15)21-23-17-9-3-4-10-18(17)27-21/h1-4,9-10,15-16H,5-8,11-14H2,(H,22,26). The van der Waals surface area contributed by atoms with Crippen molar-refractivity contribution in [2.75, 3.05) is 19.6 Å². The number of carbonyl (C=O) groups is 2. The van der Waals surface area contributed by atoms with E-state index < -0.39 is 0 Å². The first kappa shape index (κ1) is 18.2. The van der Waals surface area contributed by atoms with Gasteiger partial charge in [-0.1, -0.05) is 24.3 Å². The zero-order valence-corrected chi connectivity index (χ0v) is 16.2. The highest BCUT2D eigenvalue weighted by Gasteiger charge is 2.32. The molecular weight excluding hydrogens is 358 g/mol. The van der Waals surface area contributed by atoms with E-state index in [0.29, 0.717) is 13.0 Å². The predicted octanol–water partition coefficient (Wildman–Crippen LogP) is 3.47. The van der Waals surface area contributed by atoms with Crippen molar-refractivity contribution in [2.45, 2.75) is 38.0 Å². The lowest BCUT2D eigenvalue weighted by Gasteiger charge is -2.26. The van der Waals surface area contributed by atoms with Crippen LogP contribution in [-0.4, -0.2) is 41.3 Å². The van der Waals surface area contributed by atoms with Crippen LogP contribution in [0.15, 0.2) is 36.4 Å². The van der Waals surface area contributed by atoms with Gasteiger partial charge in [0.2, 0.25) is 11.8 Å². The van der Waals surface area contributed by atoms with Crippen LogP contribution in [0.5, 0.6) is 0 Å². The fourth-order valence-electron chi connectivity index (χ4n) is 3.97. The summed E-state index contributed by atoms with van der Waals surface area (Å²) in [6.45, 7) is 2.14. The normalized spacial score (nSPS) is 22.3. The van der Waals surface area contributed by atoms with Crippen molar-refractivity contribution in [3.05, 3.63) is 41.4 Å². The second-order valence-corrected chi connectivity index (χ2v) is 8.37. The van der Waals surface area contributed by atoms with Crippen LogP contribution in [0, 0.1) is 5.92 Å². The Morgan fingerprint density at radius 1 is 1.15 bits per heavy atom. The number of hydrogen-bond acceptors (Lipinski definition) is 4. The lowest BCUT2D eigenvalue weighted by molar-refractivity contribution is -0.130. The average Bonchev–Trinajstić information content (AvgIpc) is 3.37. The SMILES string of the molecule is O=C(NCCC(=O)N1CCCC1)C1CC=CCC1c1nc2ccccc2s1. The van der Waals surface area contributed by atoms with E-state index in [4.69, 9.17) is 4.98 Å². The smallest absolute Gasteiger partial charge is 0.224 e. The van der Waals surface area contributed by atoms with Gasteiger partial charge in [0.15, 0.2) is 0 Å². The summed E-state index contributed by atoms with van der Waals surface area (Å²) in [5.74, 6) is 0.191. The van der Waals surface area contributed by atoms with Crippen LogP contribution in [0.3, 0.4) is 0 Å². The van der Waals surface area contributed by atoms with E-state index in [2.05, 4.69) is 23.5 Å². The minimum absolute atomic E-state index is 0.0397. The molecule has 0 radical (unpaired) electrons. The van der Waals surface area contributed by atoms with E-state index in [1.165, 1.54) is 0 Å². The number of nitrogens with one attached hydrogen (secondary N) is 1. The van der Waals surface area contributed by atoms with Crippen molar-refractivity contribution in [3.63, 3.8) is 0 Å². The summed E-state index contributed by atoms with van der Waals surface area (Å²) in [5.41, 5.74) is 1.00. The Morgan fingerprint density at radius 3 is 2.74 bits per heavy atom. The van der Waals surface area contributed by atoms with E-state index in [0.717, 1.165) is 54.0 Å². The van der Waals surface area contributed by atoms with Crippen LogP contribution in [-0.2, 0) is 9.59 Å². The summed E-state index contributed by atoms with van der Waals surface area (Å²) in [6.07, 6.45) is 8.38. The molecule has 4 rings (SSSR count). The maximum atomic E-state index is 12.8. The Hall–Kier alpha value is -2.21. The number of rotatable bonds is 5. The second-order valence-electron chi connectivity index (χ2n) is 7.30. The minimum atomic E-state index is -0.113. The number of carbonyl (C=O) groups excluding carboxylic acids is 2. The first-order valence-electron chi connectivity index (χ1n) is 9.78. The molecule has 1 fully saturated rings. The van der Waals surface area contributed by atoms with Crippen molar-refractivity contribution < 1.29 is 9.59 Å². The predicted molar refractivity (Wildman–Crippen MR) is 108 cm³/mol. The van der Waals surface area contributed by atoms with Gasteiger partial charge < -0.3 is 10.2 Å². The molecule has 2 heterocycles. The number of benzene rings is 1. The number of aromatic nitrogens is 1. The molecule has 0 spiro atoms. The largest absolute Gasteiger partial charge is 0.355 e. The van der Waals surface area contributed by atoms with E-state index in [1.807, 2.05) is 23.1 Å². The van der Waals surface area contributed by atoms with Crippen LogP contribution in [0.2, 0.25) is 0 Å². The monoisotopic (exact) mass is 383 g/mol. The minimum Gasteiger partial charge on any atom is -0.355 e. The highest BCUT2D eigenvalue weighted by atomic mass is 32.1. The third-order valence-electron chi connectivity index (χ3n) is 5.49. The van der Waals surface area contributed by atoms with Gasteiger partial charge in [-0.3, -0.25) is 9.59 Å². The molecule has 1 aromatic heterocycles. The molecule has 1 N–H and O–H groups in total. The van der Waals surface area contributed by atoms with E-state index in [1.54, 1.807) is 11.3 Å². The molecule has 0 saturated carbocycles. The first-order valence-corrected chi connectivity index (χ1v) is 10.6. The molecule has 1 saturated heterocycles. The fraction of sp³-hybridized carbons (Fsp3) is 0.476. The van der Waals surface area contributed by atoms with Gasteiger partial charge in [-0.25, -0.2) is 4.98 Å². The summed E-state index contributed by atoms with van der Waals surface area (Å²) >= 11 is 1.68. The summed E-state index contributed by atoms with van der Waals surface area (Å²) in [7, 11) is 0. The van der Waals surface area contributed by atoms with Gasteiger partial charge >= 0.3 is 0 Å². The number of allylic oxidation sites excluding steroid dienone is 2. The van der Waals surface area contributed by atoms with Gasteiger partial charge in [-0.15, -0.1) is 11.3 Å². The molecule has 2 atom stereocenters. The van der Waals surface area contributed by atoms with Crippen molar-refractivity contribution >= 4 is 33.4 Å². The van der Waals surface area contributed by atoms with E-state index in [9.17, 15) is 9.59 Å². The number of fused-ring (bicyclic) bond motifs is 1. The van der Waals surface area contributed by atoms with Crippen LogP contribution in [0.25, 0.3) is 10.2 Å². The molecule has 1 aromatic carbocycles. The van der Waals surface area contributed by atoms with Crippen molar-refractivity contribution in [2.24, 2.45) is 5.92 Å². The topological polar surface area (TPSA) is 62.3 Å². The van der Waals surface area contributed by atoms with Crippen molar-refractivity contribution in [1.82, 2.24) is 15.2 Å². The maximum Gasteiger partial charge on any atom is 0.224 e. The molecule has 2 aliphatic rings. The quantitative estimate of drug-likeness (QED) is 0.804. The lowest BCUT2D eigenvalue weighted by atomic mass is 9.82. The number of nitrogens with zero attached hydrogens (tertiary/aromatic N) is 2. The highest BCUT2D eigenvalue weighted by molar-refractivity contribution is 7.18. The van der Waals surface area contributed by atoms with Crippen LogP contribution >= 0.6 is 11.3 Å². The third kappa shape index (κ3) is 4.05. The van der Waals surface area contributed by atoms with Gasteiger partial charge in [0.1, 0.15) is 0 Å². The second kappa shape index (κ2) is 8.21. The molecule has 2 unspecified atom stereocenters. The van der Waals surface area contributed by atoms with Crippen LogP contribution in [0.1, 0.15) is 43.0 Å². The van der Waals surface area contributed by atoms with Crippen LogP contribution in [0.4, 0.5) is 0 Å². The molecule has 0 bridgehead atoms. The van der Waals surface area contributed by atoms with Crippen molar-refractivity contribution in [3.8, 4) is 0 Å². The molecule has 1 aliphatic heterocycles. The summed E-state index contributed by atoms with van der Waals surface area (Å²) in [5, 5.41) is 4.03. The Kier molecular flexibility index (Phi) is 5.53. The fourth-order valence-corrected chi connectivity index (χ4v) is 5.12. The van der Waals surface area contributed by atoms with Gasteiger partial charge in [0.05, 0.1) is 21.1 Å². The molecule has 142 valence electrons. The Morgan fingerprint density at radius 2 is 1.93 bits per heavy atom. The average molecular weight is 384 g/mol. The van der Waals surface area contributed by atoms with Crippen molar-refractivity contribution in [1.29, 1.82) is 0 Å². The van der Waals surface area contributed by atoms with Gasteiger partial charge in [0, 0.05) is 32.0 Å².